The highest BCUT2D eigenvalue weighted by Crippen LogP contribution is 2.12. The molecule has 1 heterocycles. The second-order valence-electron chi connectivity index (χ2n) is 4.91. The van der Waals surface area contributed by atoms with Crippen molar-refractivity contribution in [1.29, 1.82) is 0 Å². The van der Waals surface area contributed by atoms with Gasteiger partial charge in [-0.3, -0.25) is 9.69 Å². The Balaban J connectivity index is 1.93. The zero-order valence-corrected chi connectivity index (χ0v) is 10.7. The minimum atomic E-state index is -0.728. The zero-order chi connectivity index (χ0) is 13.0. The lowest BCUT2D eigenvalue weighted by Gasteiger charge is -2.35. The van der Waals surface area contributed by atoms with Crippen LogP contribution in [0.1, 0.15) is 12.5 Å². The van der Waals surface area contributed by atoms with Crippen LogP contribution in [0.4, 0.5) is 0 Å². The van der Waals surface area contributed by atoms with Crippen LogP contribution in [0.5, 0.6) is 0 Å². The van der Waals surface area contributed by atoms with Crippen LogP contribution in [0, 0.1) is 5.92 Å². The summed E-state index contributed by atoms with van der Waals surface area (Å²) in [5.74, 6) is -1.07. The minimum Gasteiger partial charge on any atom is -0.481 e. The maximum absolute atomic E-state index is 11.0. The lowest BCUT2D eigenvalue weighted by atomic mass is 9.99. The first-order valence-electron chi connectivity index (χ1n) is 6.39. The highest BCUT2D eigenvalue weighted by Gasteiger charge is 2.28. The Morgan fingerprint density at radius 3 is 2.89 bits per heavy atom. The van der Waals surface area contributed by atoms with Crippen molar-refractivity contribution < 1.29 is 9.90 Å². The summed E-state index contributed by atoms with van der Waals surface area (Å²) < 4.78 is 0. The number of hydrogen-bond donors (Lipinski definition) is 2. The average molecular weight is 248 g/mol. The SMILES string of the molecule is CC(C(=O)O)C1CN(Cc2ccccc2)CCN1. The fourth-order valence-electron chi connectivity index (χ4n) is 2.33. The number of carbonyl (C=O) groups is 1. The molecule has 1 saturated heterocycles. The van der Waals surface area contributed by atoms with Gasteiger partial charge in [0.25, 0.3) is 0 Å². The van der Waals surface area contributed by atoms with E-state index in [0.717, 1.165) is 26.2 Å². The Morgan fingerprint density at radius 2 is 2.22 bits per heavy atom. The number of rotatable bonds is 4. The van der Waals surface area contributed by atoms with Gasteiger partial charge in [-0.15, -0.1) is 0 Å². The topological polar surface area (TPSA) is 52.6 Å². The Hall–Kier alpha value is -1.39. The summed E-state index contributed by atoms with van der Waals surface area (Å²) in [5.41, 5.74) is 1.28. The van der Waals surface area contributed by atoms with E-state index < -0.39 is 5.97 Å². The quantitative estimate of drug-likeness (QED) is 0.840. The minimum absolute atomic E-state index is 0.0416. The highest BCUT2D eigenvalue weighted by atomic mass is 16.4. The molecule has 0 saturated carbocycles. The molecule has 0 spiro atoms. The Labute approximate surface area is 108 Å². The lowest BCUT2D eigenvalue weighted by Crippen LogP contribution is -2.54. The number of carboxylic acids is 1. The zero-order valence-electron chi connectivity index (χ0n) is 10.7. The molecule has 0 aliphatic carbocycles. The number of benzene rings is 1. The molecular weight excluding hydrogens is 228 g/mol. The van der Waals surface area contributed by atoms with Crippen molar-refractivity contribution in [1.82, 2.24) is 10.2 Å². The number of carboxylic acid groups (broad SMARTS) is 1. The summed E-state index contributed by atoms with van der Waals surface area (Å²) in [6.07, 6.45) is 0. The average Bonchev–Trinajstić information content (AvgIpc) is 2.39. The van der Waals surface area contributed by atoms with Crippen LogP contribution in [0.15, 0.2) is 30.3 Å². The van der Waals surface area contributed by atoms with E-state index in [1.54, 1.807) is 6.92 Å². The summed E-state index contributed by atoms with van der Waals surface area (Å²) in [4.78, 5) is 13.3. The van der Waals surface area contributed by atoms with Gasteiger partial charge < -0.3 is 10.4 Å². The number of aliphatic carboxylic acids is 1. The fourth-order valence-corrected chi connectivity index (χ4v) is 2.33. The third kappa shape index (κ3) is 3.31. The van der Waals surface area contributed by atoms with Crippen molar-refractivity contribution in [3.63, 3.8) is 0 Å². The molecule has 2 atom stereocenters. The second-order valence-corrected chi connectivity index (χ2v) is 4.91. The third-order valence-corrected chi connectivity index (χ3v) is 3.53. The molecule has 18 heavy (non-hydrogen) atoms. The van der Waals surface area contributed by atoms with Gasteiger partial charge in [-0.1, -0.05) is 37.3 Å². The van der Waals surface area contributed by atoms with Crippen molar-refractivity contribution in [2.45, 2.75) is 19.5 Å². The van der Waals surface area contributed by atoms with Gasteiger partial charge in [-0.05, 0) is 5.56 Å². The van der Waals surface area contributed by atoms with Crippen LogP contribution in [0.25, 0.3) is 0 Å². The van der Waals surface area contributed by atoms with Crippen molar-refractivity contribution in [2.75, 3.05) is 19.6 Å². The summed E-state index contributed by atoms with van der Waals surface area (Å²) in [6.45, 7) is 5.28. The fraction of sp³-hybridized carbons (Fsp3) is 0.500. The molecule has 1 fully saturated rings. The van der Waals surface area contributed by atoms with E-state index in [1.807, 2.05) is 18.2 Å². The Kier molecular flexibility index (Phi) is 4.33. The first-order chi connectivity index (χ1) is 8.66. The molecule has 1 aromatic carbocycles. The van der Waals surface area contributed by atoms with Crippen LogP contribution in [-0.2, 0) is 11.3 Å². The van der Waals surface area contributed by atoms with Crippen LogP contribution in [0.2, 0.25) is 0 Å². The van der Waals surface area contributed by atoms with E-state index in [1.165, 1.54) is 5.56 Å². The lowest BCUT2D eigenvalue weighted by molar-refractivity contribution is -0.142. The predicted octanol–water partition coefficient (Wildman–Crippen LogP) is 1.18. The molecule has 0 amide bonds. The van der Waals surface area contributed by atoms with Crippen LogP contribution in [0.3, 0.4) is 0 Å². The van der Waals surface area contributed by atoms with Gasteiger partial charge in [-0.2, -0.15) is 0 Å². The van der Waals surface area contributed by atoms with Gasteiger partial charge >= 0.3 is 5.97 Å². The molecule has 98 valence electrons. The van der Waals surface area contributed by atoms with E-state index in [4.69, 9.17) is 5.11 Å². The molecular formula is C14H20N2O2. The molecule has 4 heteroatoms. The molecule has 4 nitrogen and oxygen atoms in total. The largest absolute Gasteiger partial charge is 0.481 e. The second kappa shape index (κ2) is 5.98. The summed E-state index contributed by atoms with van der Waals surface area (Å²) in [7, 11) is 0. The first kappa shape index (κ1) is 13.1. The third-order valence-electron chi connectivity index (χ3n) is 3.53. The maximum Gasteiger partial charge on any atom is 0.307 e. The smallest absolute Gasteiger partial charge is 0.307 e. The van der Waals surface area contributed by atoms with Gasteiger partial charge in [-0.25, -0.2) is 0 Å². The van der Waals surface area contributed by atoms with Gasteiger partial charge in [0.05, 0.1) is 5.92 Å². The van der Waals surface area contributed by atoms with Gasteiger partial charge in [0, 0.05) is 32.2 Å². The molecule has 2 unspecified atom stereocenters. The molecule has 1 aliphatic heterocycles. The van der Waals surface area contributed by atoms with Gasteiger partial charge in [0.2, 0.25) is 0 Å². The monoisotopic (exact) mass is 248 g/mol. The van der Waals surface area contributed by atoms with E-state index in [0.29, 0.717) is 0 Å². The molecule has 0 aromatic heterocycles. The molecule has 0 radical (unpaired) electrons. The van der Waals surface area contributed by atoms with Crippen LogP contribution < -0.4 is 5.32 Å². The molecule has 1 aromatic rings. The van der Waals surface area contributed by atoms with E-state index in [2.05, 4.69) is 22.3 Å². The summed E-state index contributed by atoms with van der Waals surface area (Å²) >= 11 is 0. The predicted molar refractivity (Wildman–Crippen MR) is 70.3 cm³/mol. The van der Waals surface area contributed by atoms with Gasteiger partial charge in [0.15, 0.2) is 0 Å². The molecule has 1 aliphatic rings. The van der Waals surface area contributed by atoms with E-state index in [9.17, 15) is 4.79 Å². The summed E-state index contributed by atoms with van der Waals surface area (Å²) in [6, 6.07) is 10.3. The molecule has 0 bridgehead atoms. The van der Waals surface area contributed by atoms with E-state index in [-0.39, 0.29) is 12.0 Å². The summed E-state index contributed by atoms with van der Waals surface area (Å²) in [5, 5.41) is 12.3. The standard InChI is InChI=1S/C14H20N2O2/c1-11(14(17)18)13-10-16(8-7-15-13)9-12-5-3-2-4-6-12/h2-6,11,13,15H,7-10H2,1H3,(H,17,18). The number of piperazine rings is 1. The first-order valence-corrected chi connectivity index (χ1v) is 6.39. The maximum atomic E-state index is 11.0. The van der Waals surface area contributed by atoms with Crippen molar-refractivity contribution in [3.05, 3.63) is 35.9 Å². The normalized spacial score (nSPS) is 22.6. The van der Waals surface area contributed by atoms with Crippen molar-refractivity contribution in [3.8, 4) is 0 Å². The van der Waals surface area contributed by atoms with Crippen molar-refractivity contribution >= 4 is 5.97 Å². The number of hydrogen-bond acceptors (Lipinski definition) is 3. The van der Waals surface area contributed by atoms with Crippen LogP contribution >= 0.6 is 0 Å². The highest BCUT2D eigenvalue weighted by molar-refractivity contribution is 5.70. The Morgan fingerprint density at radius 1 is 1.50 bits per heavy atom. The Bertz CT molecular complexity index is 394. The van der Waals surface area contributed by atoms with Crippen molar-refractivity contribution in [2.24, 2.45) is 5.92 Å². The van der Waals surface area contributed by atoms with E-state index >= 15 is 0 Å². The van der Waals surface area contributed by atoms with Crippen LogP contribution in [-0.4, -0.2) is 41.7 Å². The number of nitrogens with zero attached hydrogens (tertiary/aromatic N) is 1. The molecule has 2 rings (SSSR count). The van der Waals surface area contributed by atoms with Gasteiger partial charge in [0.1, 0.15) is 0 Å². The molecule has 2 N–H and O–H groups in total. The number of nitrogens with one attached hydrogen (secondary N) is 1.